The molecular weight excluding hydrogens is 272 g/mol. The third-order valence-corrected chi connectivity index (χ3v) is 2.73. The Balaban J connectivity index is 1.80. The summed E-state index contributed by atoms with van der Waals surface area (Å²) in [6.07, 6.45) is 1.61. The van der Waals surface area contributed by atoms with Crippen LogP contribution in [0.3, 0.4) is 0 Å². The summed E-state index contributed by atoms with van der Waals surface area (Å²) in [7, 11) is 0. The van der Waals surface area contributed by atoms with E-state index in [2.05, 4.69) is 15.6 Å². The van der Waals surface area contributed by atoms with E-state index < -0.39 is 0 Å². The Kier molecular flexibility index (Phi) is 5.86. The number of hydrogen-bond acceptors (Lipinski definition) is 5. The normalized spacial score (nSPS) is 10.5. The zero-order valence-corrected chi connectivity index (χ0v) is 11.6. The maximum atomic E-state index is 11.8. The SMILES string of the molecule is O=C(NCCOCCO)c1cn(Cc2ccccc2)nn1. The molecule has 1 amide bonds. The highest BCUT2D eigenvalue weighted by Gasteiger charge is 2.10. The van der Waals surface area contributed by atoms with Crippen LogP contribution in [0, 0.1) is 0 Å². The molecule has 0 spiro atoms. The molecule has 0 fully saturated rings. The smallest absolute Gasteiger partial charge is 0.273 e. The second kappa shape index (κ2) is 8.13. The van der Waals surface area contributed by atoms with Gasteiger partial charge in [0.1, 0.15) is 0 Å². The fourth-order valence-corrected chi connectivity index (χ4v) is 1.74. The summed E-state index contributed by atoms with van der Waals surface area (Å²) in [5.41, 5.74) is 1.36. The molecule has 0 saturated carbocycles. The molecule has 0 unspecified atom stereocenters. The van der Waals surface area contributed by atoms with Crippen LogP contribution in [0.25, 0.3) is 0 Å². The number of rotatable bonds is 8. The summed E-state index contributed by atoms with van der Waals surface area (Å²) in [5, 5.41) is 19.0. The predicted octanol–water partition coefficient (Wildman–Crippen LogP) is 0.0651. The molecule has 112 valence electrons. The highest BCUT2D eigenvalue weighted by atomic mass is 16.5. The van der Waals surface area contributed by atoms with E-state index in [0.717, 1.165) is 5.56 Å². The molecule has 7 nitrogen and oxygen atoms in total. The monoisotopic (exact) mass is 290 g/mol. The number of aromatic nitrogens is 3. The third-order valence-electron chi connectivity index (χ3n) is 2.73. The number of amides is 1. The van der Waals surface area contributed by atoms with Crippen LogP contribution in [0.1, 0.15) is 16.1 Å². The van der Waals surface area contributed by atoms with Gasteiger partial charge in [0.15, 0.2) is 5.69 Å². The molecule has 0 atom stereocenters. The number of hydrogen-bond donors (Lipinski definition) is 2. The van der Waals surface area contributed by atoms with E-state index in [4.69, 9.17) is 9.84 Å². The second-order valence-electron chi connectivity index (χ2n) is 4.38. The van der Waals surface area contributed by atoms with E-state index in [1.54, 1.807) is 10.9 Å². The van der Waals surface area contributed by atoms with Gasteiger partial charge in [-0.3, -0.25) is 4.79 Å². The zero-order valence-electron chi connectivity index (χ0n) is 11.6. The van der Waals surface area contributed by atoms with Gasteiger partial charge < -0.3 is 15.2 Å². The molecule has 7 heteroatoms. The number of ether oxygens (including phenoxy) is 1. The Labute approximate surface area is 122 Å². The van der Waals surface area contributed by atoms with Crippen molar-refractivity contribution in [2.45, 2.75) is 6.54 Å². The fraction of sp³-hybridized carbons (Fsp3) is 0.357. The highest BCUT2D eigenvalue weighted by molar-refractivity contribution is 5.91. The van der Waals surface area contributed by atoms with E-state index in [0.29, 0.717) is 19.7 Å². The van der Waals surface area contributed by atoms with Crippen molar-refractivity contribution < 1.29 is 14.6 Å². The summed E-state index contributed by atoms with van der Waals surface area (Å²) in [6.45, 7) is 1.53. The van der Waals surface area contributed by atoms with Crippen molar-refractivity contribution in [3.8, 4) is 0 Å². The molecule has 1 heterocycles. The van der Waals surface area contributed by atoms with Crippen LogP contribution in [0.5, 0.6) is 0 Å². The highest BCUT2D eigenvalue weighted by Crippen LogP contribution is 2.02. The van der Waals surface area contributed by atoms with Gasteiger partial charge in [-0.15, -0.1) is 5.10 Å². The van der Waals surface area contributed by atoms with Gasteiger partial charge in [-0.05, 0) is 5.56 Å². The zero-order chi connectivity index (χ0) is 14.9. The topological polar surface area (TPSA) is 89.3 Å². The molecule has 1 aromatic carbocycles. The van der Waals surface area contributed by atoms with Crippen molar-refractivity contribution in [3.63, 3.8) is 0 Å². The Morgan fingerprint density at radius 3 is 2.86 bits per heavy atom. The number of carbonyl (C=O) groups is 1. The van der Waals surface area contributed by atoms with Crippen LogP contribution in [0.4, 0.5) is 0 Å². The number of aliphatic hydroxyl groups excluding tert-OH is 1. The lowest BCUT2D eigenvalue weighted by molar-refractivity contribution is 0.0835. The van der Waals surface area contributed by atoms with E-state index in [-0.39, 0.29) is 24.8 Å². The van der Waals surface area contributed by atoms with Crippen molar-refractivity contribution >= 4 is 5.91 Å². The number of benzene rings is 1. The first-order chi connectivity index (χ1) is 10.3. The van der Waals surface area contributed by atoms with Crippen molar-refractivity contribution in [2.24, 2.45) is 0 Å². The van der Waals surface area contributed by atoms with Gasteiger partial charge in [-0.1, -0.05) is 35.5 Å². The summed E-state index contributed by atoms with van der Waals surface area (Å²) in [4.78, 5) is 11.8. The van der Waals surface area contributed by atoms with E-state index in [9.17, 15) is 4.79 Å². The lowest BCUT2D eigenvalue weighted by Gasteiger charge is -2.03. The average molecular weight is 290 g/mol. The number of nitrogens with zero attached hydrogens (tertiary/aromatic N) is 3. The standard InChI is InChI=1S/C14H18N4O3/c19-7-9-21-8-6-15-14(20)13-11-18(17-16-13)10-12-4-2-1-3-5-12/h1-5,11,19H,6-10H2,(H,15,20). The minimum Gasteiger partial charge on any atom is -0.394 e. The number of carbonyl (C=O) groups excluding carboxylic acids is 1. The first-order valence-corrected chi connectivity index (χ1v) is 6.70. The summed E-state index contributed by atoms with van der Waals surface area (Å²) in [5.74, 6) is -0.290. The number of aliphatic hydroxyl groups is 1. The maximum Gasteiger partial charge on any atom is 0.273 e. The van der Waals surface area contributed by atoms with Crippen LogP contribution in [-0.4, -0.2) is 52.4 Å². The van der Waals surface area contributed by atoms with Gasteiger partial charge >= 0.3 is 0 Å². The van der Waals surface area contributed by atoms with Crippen LogP contribution in [-0.2, 0) is 11.3 Å². The lowest BCUT2D eigenvalue weighted by atomic mass is 10.2. The molecule has 1 aromatic heterocycles. The molecule has 0 bridgehead atoms. The van der Waals surface area contributed by atoms with Crippen molar-refractivity contribution in [2.75, 3.05) is 26.4 Å². The Hall–Kier alpha value is -2.25. The van der Waals surface area contributed by atoms with E-state index in [1.807, 2.05) is 30.3 Å². The van der Waals surface area contributed by atoms with Crippen molar-refractivity contribution in [1.82, 2.24) is 20.3 Å². The van der Waals surface area contributed by atoms with Crippen LogP contribution in [0.2, 0.25) is 0 Å². The summed E-state index contributed by atoms with van der Waals surface area (Å²) in [6, 6.07) is 9.82. The molecule has 0 saturated heterocycles. The van der Waals surface area contributed by atoms with Gasteiger partial charge in [0.2, 0.25) is 0 Å². The van der Waals surface area contributed by atoms with E-state index in [1.165, 1.54) is 0 Å². The van der Waals surface area contributed by atoms with E-state index >= 15 is 0 Å². The van der Waals surface area contributed by atoms with Crippen LogP contribution in [0.15, 0.2) is 36.5 Å². The Bertz CT molecular complexity index is 556. The van der Waals surface area contributed by atoms with Crippen molar-refractivity contribution in [3.05, 3.63) is 47.8 Å². The first kappa shape index (κ1) is 15.1. The quantitative estimate of drug-likeness (QED) is 0.671. The molecule has 0 aliphatic rings. The molecule has 0 aliphatic carbocycles. The second-order valence-corrected chi connectivity index (χ2v) is 4.38. The minimum absolute atomic E-state index is 0.0260. The largest absolute Gasteiger partial charge is 0.394 e. The van der Waals surface area contributed by atoms with Gasteiger partial charge in [0, 0.05) is 6.54 Å². The average Bonchev–Trinajstić information content (AvgIpc) is 2.96. The van der Waals surface area contributed by atoms with Gasteiger partial charge in [-0.2, -0.15) is 0 Å². The molecule has 2 rings (SSSR count). The molecule has 2 N–H and O–H groups in total. The fourth-order valence-electron chi connectivity index (χ4n) is 1.74. The minimum atomic E-state index is -0.290. The van der Waals surface area contributed by atoms with Gasteiger partial charge in [0.05, 0.1) is 32.6 Å². The summed E-state index contributed by atoms with van der Waals surface area (Å²) >= 11 is 0. The molecular formula is C14H18N4O3. The first-order valence-electron chi connectivity index (χ1n) is 6.70. The van der Waals surface area contributed by atoms with Crippen molar-refractivity contribution in [1.29, 1.82) is 0 Å². The molecule has 0 aliphatic heterocycles. The molecule has 21 heavy (non-hydrogen) atoms. The molecule has 0 radical (unpaired) electrons. The lowest BCUT2D eigenvalue weighted by Crippen LogP contribution is -2.27. The third kappa shape index (κ3) is 4.97. The summed E-state index contributed by atoms with van der Waals surface area (Å²) < 4.78 is 6.66. The Morgan fingerprint density at radius 2 is 2.10 bits per heavy atom. The Morgan fingerprint density at radius 1 is 1.29 bits per heavy atom. The predicted molar refractivity (Wildman–Crippen MR) is 75.8 cm³/mol. The van der Waals surface area contributed by atoms with Gasteiger partial charge in [0.25, 0.3) is 5.91 Å². The maximum absolute atomic E-state index is 11.8. The number of nitrogens with one attached hydrogen (secondary N) is 1. The van der Waals surface area contributed by atoms with Crippen LogP contribution >= 0.6 is 0 Å². The molecule has 2 aromatic rings. The van der Waals surface area contributed by atoms with Crippen LogP contribution < -0.4 is 5.32 Å². The van der Waals surface area contributed by atoms with Gasteiger partial charge in [-0.25, -0.2) is 4.68 Å².